The number of aliphatic hydroxyl groups excluding tert-OH is 1. The number of hydrogen-bond acceptors (Lipinski definition) is 2. The Labute approximate surface area is 126 Å². The van der Waals surface area contributed by atoms with Gasteiger partial charge in [-0.05, 0) is 44.6 Å². The number of hydrogen-bond donors (Lipinski definition) is 2. The molecule has 1 saturated carbocycles. The Bertz CT molecular complexity index is 209. The van der Waals surface area contributed by atoms with Crippen LogP contribution in [-0.4, -0.2) is 23.8 Å². The van der Waals surface area contributed by atoms with Crippen molar-refractivity contribution >= 4 is 0 Å². The minimum absolute atomic E-state index is 0.0332. The molecule has 20 heavy (non-hydrogen) atoms. The molecule has 0 radical (unpaired) electrons. The van der Waals surface area contributed by atoms with E-state index < -0.39 is 0 Å². The summed E-state index contributed by atoms with van der Waals surface area (Å²) in [7, 11) is 0. The fraction of sp³-hybridized carbons (Fsp3) is 1.00. The molecule has 120 valence electrons. The second-order valence-electron chi connectivity index (χ2n) is 6.78. The fourth-order valence-corrected chi connectivity index (χ4v) is 3.41. The van der Waals surface area contributed by atoms with Crippen LogP contribution in [0.5, 0.6) is 0 Å². The van der Waals surface area contributed by atoms with E-state index in [0.29, 0.717) is 12.0 Å². The molecular weight excluding hydrogens is 246 g/mol. The third kappa shape index (κ3) is 8.26. The van der Waals surface area contributed by atoms with Gasteiger partial charge in [0.1, 0.15) is 0 Å². The first-order valence-corrected chi connectivity index (χ1v) is 9.17. The van der Waals surface area contributed by atoms with Gasteiger partial charge in [-0.1, -0.05) is 58.8 Å². The quantitative estimate of drug-likeness (QED) is 0.541. The van der Waals surface area contributed by atoms with Gasteiger partial charge in [0.05, 0.1) is 6.10 Å². The van der Waals surface area contributed by atoms with E-state index in [2.05, 4.69) is 19.2 Å². The minimum Gasteiger partial charge on any atom is -0.393 e. The van der Waals surface area contributed by atoms with Crippen molar-refractivity contribution in [3.05, 3.63) is 0 Å². The number of aliphatic hydroxyl groups is 1. The maximum absolute atomic E-state index is 9.76. The normalized spacial score (nSPS) is 23.4. The summed E-state index contributed by atoms with van der Waals surface area (Å²) in [4.78, 5) is 0. The van der Waals surface area contributed by atoms with Crippen LogP contribution in [0.1, 0.15) is 90.9 Å². The van der Waals surface area contributed by atoms with Crippen LogP contribution in [0.25, 0.3) is 0 Å². The monoisotopic (exact) mass is 283 g/mol. The lowest BCUT2D eigenvalue weighted by molar-refractivity contribution is 0.0992. The molecule has 2 nitrogen and oxygen atoms in total. The van der Waals surface area contributed by atoms with E-state index in [4.69, 9.17) is 0 Å². The van der Waals surface area contributed by atoms with Crippen molar-refractivity contribution in [2.75, 3.05) is 6.54 Å². The Kier molecular flexibility index (Phi) is 10.4. The summed E-state index contributed by atoms with van der Waals surface area (Å²) in [6.45, 7) is 5.69. The second kappa shape index (κ2) is 11.6. The van der Waals surface area contributed by atoms with E-state index in [1.54, 1.807) is 0 Å². The molecule has 2 heteroatoms. The second-order valence-corrected chi connectivity index (χ2v) is 6.78. The van der Waals surface area contributed by atoms with Crippen molar-refractivity contribution < 1.29 is 5.11 Å². The van der Waals surface area contributed by atoms with Crippen LogP contribution in [-0.2, 0) is 0 Å². The molecule has 0 bridgehead atoms. The van der Waals surface area contributed by atoms with E-state index in [-0.39, 0.29) is 6.10 Å². The molecule has 0 saturated heterocycles. The van der Waals surface area contributed by atoms with Gasteiger partial charge >= 0.3 is 0 Å². The predicted molar refractivity (Wildman–Crippen MR) is 88.0 cm³/mol. The minimum atomic E-state index is -0.0332. The van der Waals surface area contributed by atoms with E-state index in [1.165, 1.54) is 64.2 Å². The summed E-state index contributed by atoms with van der Waals surface area (Å²) in [6.07, 6.45) is 15.3. The molecule has 1 aliphatic rings. The van der Waals surface area contributed by atoms with Gasteiger partial charge in [0.15, 0.2) is 0 Å². The smallest absolute Gasteiger partial charge is 0.0543 e. The van der Waals surface area contributed by atoms with Crippen molar-refractivity contribution in [3.8, 4) is 0 Å². The van der Waals surface area contributed by atoms with Gasteiger partial charge in [-0.15, -0.1) is 0 Å². The Hall–Kier alpha value is -0.0800. The Balaban J connectivity index is 2.22. The van der Waals surface area contributed by atoms with Gasteiger partial charge in [0, 0.05) is 6.04 Å². The molecule has 0 aromatic carbocycles. The van der Waals surface area contributed by atoms with Crippen LogP contribution in [0.2, 0.25) is 0 Å². The zero-order valence-electron chi connectivity index (χ0n) is 13.9. The molecule has 2 N–H and O–H groups in total. The molecule has 0 heterocycles. The molecule has 0 aromatic heterocycles. The van der Waals surface area contributed by atoms with Crippen molar-refractivity contribution in [2.24, 2.45) is 5.92 Å². The predicted octanol–water partition coefficient (Wildman–Crippen LogP) is 4.66. The van der Waals surface area contributed by atoms with Crippen LogP contribution in [0.4, 0.5) is 0 Å². The van der Waals surface area contributed by atoms with Gasteiger partial charge in [-0.3, -0.25) is 0 Å². The topological polar surface area (TPSA) is 32.3 Å². The summed E-state index contributed by atoms with van der Waals surface area (Å²) >= 11 is 0. The lowest BCUT2D eigenvalue weighted by Gasteiger charge is -2.28. The standard InChI is InChI=1S/C18H37NO/c1-3-5-7-11-17(12-8-6-4-2)19-15-16-10-9-13-18(20)14-16/h16-20H,3-15H2,1-2H3. The highest BCUT2D eigenvalue weighted by molar-refractivity contribution is 4.76. The molecule has 2 atom stereocenters. The van der Waals surface area contributed by atoms with Crippen molar-refractivity contribution in [3.63, 3.8) is 0 Å². The first kappa shape index (κ1) is 18.0. The Morgan fingerprint density at radius 2 is 1.65 bits per heavy atom. The van der Waals surface area contributed by atoms with E-state index in [1.807, 2.05) is 0 Å². The van der Waals surface area contributed by atoms with Gasteiger partial charge in [-0.2, -0.15) is 0 Å². The largest absolute Gasteiger partial charge is 0.393 e. The highest BCUT2D eigenvalue weighted by Gasteiger charge is 2.20. The van der Waals surface area contributed by atoms with Gasteiger partial charge < -0.3 is 10.4 Å². The fourth-order valence-electron chi connectivity index (χ4n) is 3.41. The highest BCUT2D eigenvalue weighted by Crippen LogP contribution is 2.24. The van der Waals surface area contributed by atoms with Gasteiger partial charge in [0.25, 0.3) is 0 Å². The van der Waals surface area contributed by atoms with Crippen molar-refractivity contribution in [1.29, 1.82) is 0 Å². The average Bonchev–Trinajstić information content (AvgIpc) is 2.44. The van der Waals surface area contributed by atoms with Crippen LogP contribution in [0.15, 0.2) is 0 Å². The van der Waals surface area contributed by atoms with Crippen molar-refractivity contribution in [2.45, 2.75) is 103 Å². The first-order valence-electron chi connectivity index (χ1n) is 9.17. The Morgan fingerprint density at radius 1 is 1.00 bits per heavy atom. The molecule has 1 fully saturated rings. The highest BCUT2D eigenvalue weighted by atomic mass is 16.3. The molecule has 1 rings (SSSR count). The molecule has 0 aromatic rings. The number of nitrogens with one attached hydrogen (secondary N) is 1. The SMILES string of the molecule is CCCCCC(CCCCC)NCC1CCCC(O)C1. The van der Waals surface area contributed by atoms with Crippen LogP contribution < -0.4 is 5.32 Å². The Morgan fingerprint density at radius 3 is 2.20 bits per heavy atom. The van der Waals surface area contributed by atoms with Crippen LogP contribution in [0, 0.1) is 5.92 Å². The summed E-state index contributed by atoms with van der Waals surface area (Å²) in [5.74, 6) is 0.707. The molecule has 2 unspecified atom stereocenters. The zero-order chi connectivity index (χ0) is 14.6. The lowest BCUT2D eigenvalue weighted by Crippen LogP contribution is -2.36. The molecule has 0 aliphatic heterocycles. The zero-order valence-corrected chi connectivity index (χ0v) is 13.9. The number of unbranched alkanes of at least 4 members (excludes halogenated alkanes) is 4. The van der Waals surface area contributed by atoms with Crippen LogP contribution >= 0.6 is 0 Å². The number of rotatable bonds is 11. The summed E-state index contributed by atoms with van der Waals surface area (Å²) < 4.78 is 0. The van der Waals surface area contributed by atoms with E-state index >= 15 is 0 Å². The summed E-state index contributed by atoms with van der Waals surface area (Å²) in [5, 5.41) is 13.6. The average molecular weight is 284 g/mol. The van der Waals surface area contributed by atoms with E-state index in [0.717, 1.165) is 19.4 Å². The van der Waals surface area contributed by atoms with E-state index in [9.17, 15) is 5.11 Å². The lowest BCUT2D eigenvalue weighted by atomic mass is 9.87. The molecule has 0 amide bonds. The third-order valence-electron chi connectivity index (χ3n) is 4.76. The maximum atomic E-state index is 9.76. The molecule has 1 aliphatic carbocycles. The third-order valence-corrected chi connectivity index (χ3v) is 4.76. The molecule has 0 spiro atoms. The summed E-state index contributed by atoms with van der Waals surface area (Å²) in [6, 6.07) is 0.715. The molecular formula is C18H37NO. The van der Waals surface area contributed by atoms with Gasteiger partial charge in [-0.25, -0.2) is 0 Å². The van der Waals surface area contributed by atoms with Gasteiger partial charge in [0.2, 0.25) is 0 Å². The summed E-state index contributed by atoms with van der Waals surface area (Å²) in [5.41, 5.74) is 0. The first-order chi connectivity index (χ1) is 9.76. The maximum Gasteiger partial charge on any atom is 0.0543 e. The van der Waals surface area contributed by atoms with Crippen LogP contribution in [0.3, 0.4) is 0 Å². The van der Waals surface area contributed by atoms with Crippen molar-refractivity contribution in [1.82, 2.24) is 5.32 Å².